The summed E-state index contributed by atoms with van der Waals surface area (Å²) in [5, 5.41) is 2.90. The monoisotopic (exact) mass is 279 g/mol. The van der Waals surface area contributed by atoms with Crippen LogP contribution < -0.4 is 10.1 Å². The van der Waals surface area contributed by atoms with E-state index in [1.165, 1.54) is 0 Å². The Morgan fingerprint density at radius 2 is 2.05 bits per heavy atom. The van der Waals surface area contributed by atoms with Crippen LogP contribution in [0.2, 0.25) is 0 Å². The summed E-state index contributed by atoms with van der Waals surface area (Å²) in [4.78, 5) is 11.6. The first-order valence-corrected chi connectivity index (χ1v) is 7.09. The number of nitrogens with one attached hydrogen (secondary N) is 1. The molecule has 1 amide bonds. The highest BCUT2D eigenvalue weighted by atomic mass is 16.5. The van der Waals surface area contributed by atoms with Gasteiger partial charge in [0.05, 0.1) is 13.7 Å². The summed E-state index contributed by atoms with van der Waals surface area (Å²) in [7, 11) is 1.66. The number of rotatable bonds is 9. The van der Waals surface area contributed by atoms with Crippen LogP contribution in [0.25, 0.3) is 0 Å². The van der Waals surface area contributed by atoms with E-state index in [2.05, 4.69) is 19.2 Å². The van der Waals surface area contributed by atoms with Gasteiger partial charge in [-0.05, 0) is 24.0 Å². The zero-order chi connectivity index (χ0) is 14.8. The Kier molecular flexibility index (Phi) is 7.73. The van der Waals surface area contributed by atoms with Crippen LogP contribution in [-0.4, -0.2) is 32.8 Å². The van der Waals surface area contributed by atoms with Crippen molar-refractivity contribution in [2.45, 2.75) is 26.7 Å². The van der Waals surface area contributed by atoms with E-state index in [-0.39, 0.29) is 5.91 Å². The molecule has 0 aromatic heterocycles. The lowest BCUT2D eigenvalue weighted by Gasteiger charge is -2.09. The molecule has 0 spiro atoms. The molecule has 112 valence electrons. The average Bonchev–Trinajstić information content (AvgIpc) is 2.44. The largest absolute Gasteiger partial charge is 0.496 e. The third-order valence-electron chi connectivity index (χ3n) is 2.83. The van der Waals surface area contributed by atoms with E-state index in [0.29, 0.717) is 32.1 Å². The fourth-order valence-electron chi connectivity index (χ4n) is 1.82. The van der Waals surface area contributed by atoms with Crippen molar-refractivity contribution in [2.24, 2.45) is 5.92 Å². The van der Waals surface area contributed by atoms with Crippen molar-refractivity contribution in [2.75, 3.05) is 26.9 Å². The topological polar surface area (TPSA) is 47.6 Å². The molecule has 0 unspecified atom stereocenters. The first-order chi connectivity index (χ1) is 9.63. The van der Waals surface area contributed by atoms with Crippen molar-refractivity contribution in [3.8, 4) is 5.75 Å². The number of benzene rings is 1. The molecule has 0 heterocycles. The highest BCUT2D eigenvalue weighted by Crippen LogP contribution is 2.17. The number of carbonyl (C=O) groups is 1. The summed E-state index contributed by atoms with van der Waals surface area (Å²) in [6.45, 7) is 5.98. The molecule has 4 heteroatoms. The minimum Gasteiger partial charge on any atom is -0.496 e. The summed E-state index contributed by atoms with van der Waals surface area (Å²) < 4.78 is 10.7. The zero-order valence-corrected chi connectivity index (χ0v) is 12.6. The average molecular weight is 279 g/mol. The summed E-state index contributed by atoms with van der Waals surface area (Å²) >= 11 is 0. The molecule has 0 saturated heterocycles. The van der Waals surface area contributed by atoms with Gasteiger partial charge in [-0.25, -0.2) is 0 Å². The highest BCUT2D eigenvalue weighted by molar-refractivity contribution is 5.75. The summed E-state index contributed by atoms with van der Waals surface area (Å²) in [6, 6.07) is 7.85. The molecule has 0 saturated carbocycles. The number of methoxy groups -OCH3 is 1. The molecule has 20 heavy (non-hydrogen) atoms. The molecule has 0 aliphatic rings. The summed E-state index contributed by atoms with van der Waals surface area (Å²) in [6.07, 6.45) is 1.18. The number of para-hydroxylation sites is 1. The van der Waals surface area contributed by atoms with E-state index >= 15 is 0 Å². The van der Waals surface area contributed by atoms with E-state index in [1.54, 1.807) is 7.11 Å². The van der Waals surface area contributed by atoms with E-state index in [4.69, 9.17) is 9.47 Å². The smallest absolute Gasteiger partial charge is 0.222 e. The van der Waals surface area contributed by atoms with Gasteiger partial charge >= 0.3 is 0 Å². The molecule has 0 aliphatic carbocycles. The molecule has 0 bridgehead atoms. The maximum atomic E-state index is 11.6. The number of amides is 1. The van der Waals surface area contributed by atoms with E-state index < -0.39 is 0 Å². The van der Waals surface area contributed by atoms with Gasteiger partial charge in [0.2, 0.25) is 5.91 Å². The highest BCUT2D eigenvalue weighted by Gasteiger charge is 2.04. The lowest BCUT2D eigenvalue weighted by atomic mass is 10.1. The minimum absolute atomic E-state index is 0.0312. The van der Waals surface area contributed by atoms with Crippen LogP contribution in [0, 0.1) is 5.92 Å². The lowest BCUT2D eigenvalue weighted by Crippen LogP contribution is -2.26. The third kappa shape index (κ3) is 6.57. The predicted molar refractivity (Wildman–Crippen MR) is 80.0 cm³/mol. The van der Waals surface area contributed by atoms with E-state index in [9.17, 15) is 4.79 Å². The van der Waals surface area contributed by atoms with Gasteiger partial charge in [-0.3, -0.25) is 4.79 Å². The third-order valence-corrected chi connectivity index (χ3v) is 2.83. The second kappa shape index (κ2) is 9.37. The van der Waals surface area contributed by atoms with Crippen molar-refractivity contribution in [3.63, 3.8) is 0 Å². The molecule has 0 fully saturated rings. The van der Waals surface area contributed by atoms with Gasteiger partial charge < -0.3 is 14.8 Å². The minimum atomic E-state index is 0.0312. The van der Waals surface area contributed by atoms with Crippen LogP contribution >= 0.6 is 0 Å². The molecule has 0 aliphatic heterocycles. The van der Waals surface area contributed by atoms with Gasteiger partial charge in [-0.1, -0.05) is 32.0 Å². The fourth-order valence-corrected chi connectivity index (χ4v) is 1.82. The maximum absolute atomic E-state index is 11.6. The van der Waals surface area contributed by atoms with Crippen molar-refractivity contribution in [1.29, 1.82) is 0 Å². The summed E-state index contributed by atoms with van der Waals surface area (Å²) in [5.74, 6) is 1.40. The summed E-state index contributed by atoms with van der Waals surface area (Å²) in [5.41, 5.74) is 1.10. The van der Waals surface area contributed by atoms with Gasteiger partial charge in [0, 0.05) is 19.6 Å². The molecule has 1 aromatic carbocycles. The van der Waals surface area contributed by atoms with Gasteiger partial charge in [0.25, 0.3) is 0 Å². The quantitative estimate of drug-likeness (QED) is 0.706. The molecule has 0 radical (unpaired) electrons. The Hall–Kier alpha value is -1.55. The first kappa shape index (κ1) is 16.5. The Labute approximate surface area is 121 Å². The normalized spacial score (nSPS) is 10.6. The van der Waals surface area contributed by atoms with Gasteiger partial charge in [0.15, 0.2) is 0 Å². The van der Waals surface area contributed by atoms with Crippen molar-refractivity contribution in [3.05, 3.63) is 29.8 Å². The van der Waals surface area contributed by atoms with Crippen LogP contribution in [0.4, 0.5) is 0 Å². The molecular formula is C16H25NO3. The first-order valence-electron chi connectivity index (χ1n) is 7.09. The number of hydrogen-bond donors (Lipinski definition) is 1. The van der Waals surface area contributed by atoms with E-state index in [0.717, 1.165) is 17.7 Å². The van der Waals surface area contributed by atoms with Crippen LogP contribution in [0.15, 0.2) is 24.3 Å². The predicted octanol–water partition coefficient (Wildman–Crippen LogP) is 2.42. The number of ether oxygens (including phenoxy) is 2. The van der Waals surface area contributed by atoms with Crippen molar-refractivity contribution in [1.82, 2.24) is 5.32 Å². The molecular weight excluding hydrogens is 254 g/mol. The SMILES string of the molecule is COc1ccccc1CCNC(=O)CCOCC(C)C. The van der Waals surface area contributed by atoms with Gasteiger partial charge in [0.1, 0.15) is 5.75 Å². The van der Waals surface area contributed by atoms with E-state index in [1.807, 2.05) is 24.3 Å². The van der Waals surface area contributed by atoms with Crippen molar-refractivity contribution >= 4 is 5.91 Å². The standard InChI is InChI=1S/C16H25NO3/c1-13(2)12-20-11-9-16(18)17-10-8-14-6-4-5-7-15(14)19-3/h4-7,13H,8-12H2,1-3H3,(H,17,18). The second-order valence-corrected chi connectivity index (χ2v) is 5.13. The zero-order valence-electron chi connectivity index (χ0n) is 12.6. The lowest BCUT2D eigenvalue weighted by molar-refractivity contribution is -0.122. The van der Waals surface area contributed by atoms with Crippen LogP contribution in [0.3, 0.4) is 0 Å². The molecule has 1 rings (SSSR count). The Bertz CT molecular complexity index is 404. The molecule has 1 N–H and O–H groups in total. The Morgan fingerprint density at radius 3 is 2.75 bits per heavy atom. The molecule has 1 aromatic rings. The van der Waals surface area contributed by atoms with Crippen LogP contribution in [0.5, 0.6) is 5.75 Å². The number of hydrogen-bond acceptors (Lipinski definition) is 3. The Balaban J connectivity index is 2.18. The maximum Gasteiger partial charge on any atom is 0.222 e. The fraction of sp³-hybridized carbons (Fsp3) is 0.562. The molecule has 4 nitrogen and oxygen atoms in total. The Morgan fingerprint density at radius 1 is 1.30 bits per heavy atom. The second-order valence-electron chi connectivity index (χ2n) is 5.13. The van der Waals surface area contributed by atoms with Gasteiger partial charge in [-0.15, -0.1) is 0 Å². The molecule has 0 atom stereocenters. The van der Waals surface area contributed by atoms with Crippen molar-refractivity contribution < 1.29 is 14.3 Å². The van der Waals surface area contributed by atoms with Crippen LogP contribution in [0.1, 0.15) is 25.8 Å². The van der Waals surface area contributed by atoms with Crippen LogP contribution in [-0.2, 0) is 16.0 Å². The van der Waals surface area contributed by atoms with Gasteiger partial charge in [-0.2, -0.15) is 0 Å². The number of carbonyl (C=O) groups excluding carboxylic acids is 1.